The van der Waals surface area contributed by atoms with Gasteiger partial charge < -0.3 is 10.2 Å². The first-order valence-electron chi connectivity index (χ1n) is 11.8. The summed E-state index contributed by atoms with van der Waals surface area (Å²) in [7, 11) is 0. The molecule has 4 rings (SSSR count). The van der Waals surface area contributed by atoms with Gasteiger partial charge in [-0.1, -0.05) is 78.4 Å². The Bertz CT molecular complexity index is 1120. The summed E-state index contributed by atoms with van der Waals surface area (Å²) in [5.74, 6) is -0.119. The Morgan fingerprint density at radius 1 is 0.824 bits per heavy atom. The summed E-state index contributed by atoms with van der Waals surface area (Å²) in [5.41, 5.74) is 3.32. The van der Waals surface area contributed by atoms with E-state index < -0.39 is 6.04 Å². The lowest BCUT2D eigenvalue weighted by Gasteiger charge is -2.32. The SMILES string of the molecule is Cc1ccc(C(=O)C2CCN(C(=O)CC(NC(=O)c3ccccc3)c3ccccc3)CC2)cc1. The molecule has 0 aliphatic carbocycles. The van der Waals surface area contributed by atoms with Crippen LogP contribution >= 0.6 is 0 Å². The van der Waals surface area contributed by atoms with Crippen LogP contribution in [0.4, 0.5) is 0 Å². The van der Waals surface area contributed by atoms with E-state index in [2.05, 4.69) is 5.32 Å². The minimum absolute atomic E-state index is 0.0107. The average molecular weight is 455 g/mol. The van der Waals surface area contributed by atoms with Gasteiger partial charge in [-0.2, -0.15) is 0 Å². The third-order valence-corrected chi connectivity index (χ3v) is 6.48. The van der Waals surface area contributed by atoms with Crippen LogP contribution in [0.3, 0.4) is 0 Å². The predicted octanol–water partition coefficient (Wildman–Crippen LogP) is 4.98. The first-order chi connectivity index (χ1) is 16.5. The van der Waals surface area contributed by atoms with Crippen molar-refractivity contribution in [3.05, 3.63) is 107 Å². The molecular formula is C29H30N2O3. The van der Waals surface area contributed by atoms with Gasteiger partial charge in [-0.3, -0.25) is 14.4 Å². The quantitative estimate of drug-likeness (QED) is 0.512. The molecule has 0 radical (unpaired) electrons. The van der Waals surface area contributed by atoms with Gasteiger partial charge in [-0.15, -0.1) is 0 Å². The van der Waals surface area contributed by atoms with Crippen molar-refractivity contribution in [2.75, 3.05) is 13.1 Å². The Kier molecular flexibility index (Phi) is 7.53. The fourth-order valence-electron chi connectivity index (χ4n) is 4.42. The van der Waals surface area contributed by atoms with E-state index in [1.807, 2.05) is 84.6 Å². The van der Waals surface area contributed by atoms with Crippen LogP contribution in [0.2, 0.25) is 0 Å². The molecule has 1 aliphatic heterocycles. The van der Waals surface area contributed by atoms with Crippen molar-refractivity contribution >= 4 is 17.6 Å². The summed E-state index contributed by atoms with van der Waals surface area (Å²) in [6.07, 6.45) is 1.49. The molecule has 3 aromatic carbocycles. The van der Waals surface area contributed by atoms with E-state index in [9.17, 15) is 14.4 Å². The van der Waals surface area contributed by atoms with Crippen LogP contribution in [0.25, 0.3) is 0 Å². The molecular weight excluding hydrogens is 424 g/mol. The lowest BCUT2D eigenvalue weighted by Crippen LogP contribution is -2.42. The highest BCUT2D eigenvalue weighted by molar-refractivity contribution is 5.98. The Balaban J connectivity index is 1.38. The molecule has 3 aromatic rings. The molecule has 1 N–H and O–H groups in total. The van der Waals surface area contributed by atoms with E-state index in [-0.39, 0.29) is 29.9 Å². The maximum Gasteiger partial charge on any atom is 0.251 e. The molecule has 1 atom stereocenters. The van der Waals surface area contributed by atoms with Crippen LogP contribution in [0, 0.1) is 12.8 Å². The van der Waals surface area contributed by atoms with E-state index in [1.54, 1.807) is 12.1 Å². The molecule has 1 heterocycles. The van der Waals surface area contributed by atoms with Crippen molar-refractivity contribution in [1.82, 2.24) is 10.2 Å². The summed E-state index contributed by atoms with van der Waals surface area (Å²) >= 11 is 0. The van der Waals surface area contributed by atoms with Crippen LogP contribution in [-0.4, -0.2) is 35.6 Å². The number of benzene rings is 3. The third-order valence-electron chi connectivity index (χ3n) is 6.48. The minimum Gasteiger partial charge on any atom is -0.345 e. The van der Waals surface area contributed by atoms with E-state index >= 15 is 0 Å². The van der Waals surface area contributed by atoms with Crippen molar-refractivity contribution in [3.8, 4) is 0 Å². The summed E-state index contributed by atoms with van der Waals surface area (Å²) in [5, 5.41) is 3.03. The first kappa shape index (κ1) is 23.4. The molecule has 174 valence electrons. The van der Waals surface area contributed by atoms with E-state index in [1.165, 1.54) is 0 Å². The maximum atomic E-state index is 13.2. The first-order valence-corrected chi connectivity index (χ1v) is 11.8. The van der Waals surface area contributed by atoms with Crippen molar-refractivity contribution in [1.29, 1.82) is 0 Å². The largest absolute Gasteiger partial charge is 0.345 e. The van der Waals surface area contributed by atoms with Crippen molar-refractivity contribution in [3.63, 3.8) is 0 Å². The molecule has 5 heteroatoms. The number of nitrogens with zero attached hydrogens (tertiary/aromatic N) is 1. The molecule has 0 bridgehead atoms. The number of rotatable bonds is 7. The molecule has 0 saturated carbocycles. The summed E-state index contributed by atoms with van der Waals surface area (Å²) < 4.78 is 0. The average Bonchev–Trinajstić information content (AvgIpc) is 2.89. The fourth-order valence-corrected chi connectivity index (χ4v) is 4.42. The number of hydrogen-bond acceptors (Lipinski definition) is 3. The van der Waals surface area contributed by atoms with Crippen LogP contribution in [0.5, 0.6) is 0 Å². The highest BCUT2D eigenvalue weighted by Crippen LogP contribution is 2.25. The van der Waals surface area contributed by atoms with Gasteiger partial charge in [-0.25, -0.2) is 0 Å². The number of nitrogens with one attached hydrogen (secondary N) is 1. The van der Waals surface area contributed by atoms with Gasteiger partial charge in [-0.05, 0) is 37.5 Å². The molecule has 1 saturated heterocycles. The number of amides is 2. The monoisotopic (exact) mass is 454 g/mol. The van der Waals surface area contributed by atoms with Gasteiger partial charge in [0.25, 0.3) is 5.91 Å². The fraction of sp³-hybridized carbons (Fsp3) is 0.276. The Morgan fingerprint density at radius 3 is 2.03 bits per heavy atom. The highest BCUT2D eigenvalue weighted by atomic mass is 16.2. The standard InChI is InChI=1S/C29H30N2O3/c1-21-12-14-23(15-13-21)28(33)24-16-18-31(19-17-24)27(32)20-26(22-8-4-2-5-9-22)30-29(34)25-10-6-3-7-11-25/h2-15,24,26H,16-20H2,1H3,(H,30,34). The number of aryl methyl sites for hydroxylation is 1. The number of hydrogen-bond donors (Lipinski definition) is 1. The Hall–Kier alpha value is -3.73. The molecule has 5 nitrogen and oxygen atoms in total. The summed E-state index contributed by atoms with van der Waals surface area (Å²) in [6, 6.07) is 25.9. The number of carbonyl (C=O) groups is 3. The third kappa shape index (κ3) is 5.79. The number of piperidine rings is 1. The maximum absolute atomic E-state index is 13.2. The predicted molar refractivity (Wildman–Crippen MR) is 133 cm³/mol. The molecule has 1 fully saturated rings. The van der Waals surface area contributed by atoms with E-state index in [4.69, 9.17) is 0 Å². The minimum atomic E-state index is -0.423. The second kappa shape index (κ2) is 10.9. The smallest absolute Gasteiger partial charge is 0.251 e. The lowest BCUT2D eigenvalue weighted by molar-refractivity contribution is -0.133. The molecule has 1 aliphatic rings. The van der Waals surface area contributed by atoms with Crippen molar-refractivity contribution < 1.29 is 14.4 Å². The van der Waals surface area contributed by atoms with Crippen molar-refractivity contribution in [2.45, 2.75) is 32.2 Å². The van der Waals surface area contributed by atoms with Gasteiger partial charge in [0.05, 0.1) is 12.5 Å². The van der Waals surface area contributed by atoms with Gasteiger partial charge in [0.15, 0.2) is 5.78 Å². The van der Waals surface area contributed by atoms with E-state index in [0.717, 1.165) is 16.7 Å². The zero-order valence-corrected chi connectivity index (χ0v) is 19.4. The lowest BCUT2D eigenvalue weighted by atomic mass is 9.88. The van der Waals surface area contributed by atoms with E-state index in [0.29, 0.717) is 31.5 Å². The molecule has 0 spiro atoms. The normalized spacial score (nSPS) is 14.9. The zero-order chi connectivity index (χ0) is 23.9. The van der Waals surface area contributed by atoms with Gasteiger partial charge >= 0.3 is 0 Å². The molecule has 1 unspecified atom stereocenters. The van der Waals surface area contributed by atoms with Gasteiger partial charge in [0.1, 0.15) is 0 Å². The molecule has 0 aromatic heterocycles. The summed E-state index contributed by atoms with van der Waals surface area (Å²) in [6.45, 7) is 3.10. The topological polar surface area (TPSA) is 66.5 Å². The van der Waals surface area contributed by atoms with Crippen LogP contribution < -0.4 is 5.32 Å². The zero-order valence-electron chi connectivity index (χ0n) is 19.4. The second-order valence-corrected chi connectivity index (χ2v) is 8.89. The van der Waals surface area contributed by atoms with Crippen LogP contribution in [0.15, 0.2) is 84.9 Å². The highest BCUT2D eigenvalue weighted by Gasteiger charge is 2.29. The summed E-state index contributed by atoms with van der Waals surface area (Å²) in [4.78, 5) is 40.6. The number of Topliss-reactive ketones (excluding diaryl/α,β-unsaturated/α-hetero) is 1. The van der Waals surface area contributed by atoms with Gasteiger partial charge in [0.2, 0.25) is 5.91 Å². The van der Waals surface area contributed by atoms with Crippen LogP contribution in [-0.2, 0) is 4.79 Å². The van der Waals surface area contributed by atoms with Crippen molar-refractivity contribution in [2.24, 2.45) is 5.92 Å². The second-order valence-electron chi connectivity index (χ2n) is 8.89. The Labute approximate surface area is 200 Å². The number of ketones is 1. The number of carbonyl (C=O) groups excluding carboxylic acids is 3. The Morgan fingerprint density at radius 2 is 1.41 bits per heavy atom. The molecule has 34 heavy (non-hydrogen) atoms. The van der Waals surface area contributed by atoms with Crippen LogP contribution in [0.1, 0.15) is 57.1 Å². The number of likely N-dealkylation sites (tertiary alicyclic amines) is 1. The molecule has 2 amide bonds. The van der Waals surface area contributed by atoms with Gasteiger partial charge in [0, 0.05) is 30.1 Å².